The van der Waals surface area contributed by atoms with Crippen LogP contribution in [0.15, 0.2) is 24.4 Å². The third-order valence-electron chi connectivity index (χ3n) is 3.01. The summed E-state index contributed by atoms with van der Waals surface area (Å²) in [6.07, 6.45) is 2.49. The van der Waals surface area contributed by atoms with Crippen molar-refractivity contribution in [1.82, 2.24) is 4.98 Å². The number of carbonyl (C=O) groups excluding carboxylic acids is 1. The minimum absolute atomic E-state index is 0.398. The van der Waals surface area contributed by atoms with Crippen molar-refractivity contribution in [1.29, 1.82) is 0 Å². The standard InChI is InChI=1S/C14H16N2O/c1-9(2)12-7-13(16-8-17)10(3)14-11(12)5-4-6-15-14/h4-9H,1-3H3,(H,16,17). The number of anilines is 1. The van der Waals surface area contributed by atoms with E-state index >= 15 is 0 Å². The van der Waals surface area contributed by atoms with Gasteiger partial charge in [-0.2, -0.15) is 0 Å². The lowest BCUT2D eigenvalue weighted by molar-refractivity contribution is -0.105. The van der Waals surface area contributed by atoms with Crippen LogP contribution >= 0.6 is 0 Å². The van der Waals surface area contributed by atoms with Gasteiger partial charge in [-0.05, 0) is 36.1 Å². The van der Waals surface area contributed by atoms with E-state index in [9.17, 15) is 4.79 Å². The highest BCUT2D eigenvalue weighted by atomic mass is 16.1. The van der Waals surface area contributed by atoms with Gasteiger partial charge in [0.1, 0.15) is 0 Å². The zero-order valence-corrected chi connectivity index (χ0v) is 10.3. The smallest absolute Gasteiger partial charge is 0.211 e. The third-order valence-corrected chi connectivity index (χ3v) is 3.01. The molecular formula is C14H16N2O. The molecule has 0 fully saturated rings. The number of aryl methyl sites for hydroxylation is 1. The number of amides is 1. The summed E-state index contributed by atoms with van der Waals surface area (Å²) in [6.45, 7) is 6.26. The van der Waals surface area contributed by atoms with Gasteiger partial charge in [0, 0.05) is 17.3 Å². The van der Waals surface area contributed by atoms with Crippen molar-refractivity contribution in [3.8, 4) is 0 Å². The van der Waals surface area contributed by atoms with Gasteiger partial charge in [0.25, 0.3) is 0 Å². The molecule has 1 aromatic heterocycles. The molecule has 0 aliphatic carbocycles. The first-order valence-corrected chi connectivity index (χ1v) is 5.73. The van der Waals surface area contributed by atoms with Crippen molar-refractivity contribution < 1.29 is 4.79 Å². The second-order valence-corrected chi connectivity index (χ2v) is 4.45. The van der Waals surface area contributed by atoms with Crippen molar-refractivity contribution in [3.63, 3.8) is 0 Å². The molecule has 1 aromatic carbocycles. The van der Waals surface area contributed by atoms with E-state index in [1.165, 1.54) is 5.56 Å². The Hall–Kier alpha value is -1.90. The Kier molecular flexibility index (Phi) is 3.09. The molecule has 17 heavy (non-hydrogen) atoms. The number of hydrogen-bond donors (Lipinski definition) is 1. The number of nitrogens with one attached hydrogen (secondary N) is 1. The normalized spacial score (nSPS) is 10.8. The molecule has 2 rings (SSSR count). The molecule has 88 valence electrons. The molecule has 1 amide bonds. The summed E-state index contributed by atoms with van der Waals surface area (Å²) in [7, 11) is 0. The van der Waals surface area contributed by atoms with Crippen molar-refractivity contribution in [2.45, 2.75) is 26.7 Å². The average Bonchev–Trinajstić information content (AvgIpc) is 2.32. The van der Waals surface area contributed by atoms with Crippen LogP contribution in [0.5, 0.6) is 0 Å². The van der Waals surface area contributed by atoms with Gasteiger partial charge in [0.2, 0.25) is 6.41 Å². The van der Waals surface area contributed by atoms with Gasteiger partial charge in [0.15, 0.2) is 0 Å². The minimum atomic E-state index is 0.398. The summed E-state index contributed by atoms with van der Waals surface area (Å²) in [5.74, 6) is 0.398. The van der Waals surface area contributed by atoms with E-state index in [1.807, 2.05) is 19.1 Å². The largest absolute Gasteiger partial charge is 0.328 e. The monoisotopic (exact) mass is 228 g/mol. The van der Waals surface area contributed by atoms with E-state index in [0.29, 0.717) is 12.3 Å². The van der Waals surface area contributed by atoms with E-state index in [0.717, 1.165) is 22.2 Å². The van der Waals surface area contributed by atoms with E-state index in [-0.39, 0.29) is 0 Å². The number of nitrogens with zero attached hydrogens (tertiary/aromatic N) is 1. The Balaban J connectivity index is 2.79. The van der Waals surface area contributed by atoms with Crippen molar-refractivity contribution >= 4 is 23.0 Å². The predicted molar refractivity (Wildman–Crippen MR) is 70.3 cm³/mol. The molecule has 1 heterocycles. The number of pyridine rings is 1. The van der Waals surface area contributed by atoms with Gasteiger partial charge < -0.3 is 5.32 Å². The predicted octanol–water partition coefficient (Wildman–Crippen LogP) is 3.23. The van der Waals surface area contributed by atoms with Crippen LogP contribution in [0.1, 0.15) is 30.9 Å². The molecule has 1 N–H and O–H groups in total. The fourth-order valence-electron chi connectivity index (χ4n) is 2.10. The van der Waals surface area contributed by atoms with Crippen LogP contribution in [0.4, 0.5) is 5.69 Å². The van der Waals surface area contributed by atoms with Crippen LogP contribution in [0.3, 0.4) is 0 Å². The Labute approximate surface area is 101 Å². The first-order chi connectivity index (χ1) is 8.15. The van der Waals surface area contributed by atoms with Gasteiger partial charge in [0.05, 0.1) is 5.52 Å². The Bertz CT molecular complexity index is 561. The Morgan fingerprint density at radius 3 is 2.82 bits per heavy atom. The molecule has 0 bridgehead atoms. The lowest BCUT2D eigenvalue weighted by atomic mass is 9.95. The Morgan fingerprint density at radius 1 is 1.41 bits per heavy atom. The number of aromatic nitrogens is 1. The lowest BCUT2D eigenvalue weighted by Crippen LogP contribution is -2.01. The topological polar surface area (TPSA) is 42.0 Å². The zero-order chi connectivity index (χ0) is 12.4. The second-order valence-electron chi connectivity index (χ2n) is 4.45. The SMILES string of the molecule is Cc1c(NC=O)cc(C(C)C)c2cccnc12. The third kappa shape index (κ3) is 2.00. The van der Waals surface area contributed by atoms with Crippen molar-refractivity contribution in [3.05, 3.63) is 35.5 Å². The number of benzene rings is 1. The van der Waals surface area contributed by atoms with E-state index in [4.69, 9.17) is 0 Å². The summed E-state index contributed by atoms with van der Waals surface area (Å²) in [5, 5.41) is 3.91. The zero-order valence-electron chi connectivity index (χ0n) is 10.3. The molecule has 0 saturated carbocycles. The average molecular weight is 228 g/mol. The van der Waals surface area contributed by atoms with E-state index < -0.39 is 0 Å². The first-order valence-electron chi connectivity index (χ1n) is 5.73. The quantitative estimate of drug-likeness (QED) is 0.819. The highest BCUT2D eigenvalue weighted by Gasteiger charge is 2.11. The summed E-state index contributed by atoms with van der Waals surface area (Å²) in [5.41, 5.74) is 4.03. The number of carbonyl (C=O) groups is 1. The highest BCUT2D eigenvalue weighted by Crippen LogP contribution is 2.31. The molecule has 0 unspecified atom stereocenters. The number of rotatable bonds is 3. The van der Waals surface area contributed by atoms with Gasteiger partial charge in [-0.1, -0.05) is 19.9 Å². The fourth-order valence-corrected chi connectivity index (χ4v) is 2.10. The maximum atomic E-state index is 10.6. The summed E-state index contributed by atoms with van der Waals surface area (Å²) >= 11 is 0. The summed E-state index contributed by atoms with van der Waals surface area (Å²) in [4.78, 5) is 15.0. The lowest BCUT2D eigenvalue weighted by Gasteiger charge is -2.15. The molecule has 0 atom stereocenters. The number of fused-ring (bicyclic) bond motifs is 1. The highest BCUT2D eigenvalue weighted by molar-refractivity contribution is 5.92. The van der Waals surface area contributed by atoms with Crippen molar-refractivity contribution in [2.75, 3.05) is 5.32 Å². The van der Waals surface area contributed by atoms with Crippen LogP contribution in [0.2, 0.25) is 0 Å². The van der Waals surface area contributed by atoms with Gasteiger partial charge >= 0.3 is 0 Å². The van der Waals surface area contributed by atoms with Crippen LogP contribution < -0.4 is 5.32 Å². The molecule has 0 aliphatic heterocycles. The molecule has 0 saturated heterocycles. The van der Waals surface area contributed by atoms with Gasteiger partial charge in [-0.3, -0.25) is 9.78 Å². The maximum Gasteiger partial charge on any atom is 0.211 e. The van der Waals surface area contributed by atoms with Crippen LogP contribution in [-0.2, 0) is 4.79 Å². The molecule has 0 spiro atoms. The minimum Gasteiger partial charge on any atom is -0.328 e. The molecule has 3 heteroatoms. The van der Waals surface area contributed by atoms with Crippen LogP contribution in [0.25, 0.3) is 10.9 Å². The number of hydrogen-bond acceptors (Lipinski definition) is 2. The molecule has 0 aliphatic rings. The molecule has 3 nitrogen and oxygen atoms in total. The molecular weight excluding hydrogens is 212 g/mol. The molecule has 2 aromatic rings. The maximum absolute atomic E-state index is 10.6. The van der Waals surface area contributed by atoms with Crippen molar-refractivity contribution in [2.24, 2.45) is 0 Å². The second kappa shape index (κ2) is 4.53. The van der Waals surface area contributed by atoms with E-state index in [2.05, 4.69) is 30.2 Å². The summed E-state index contributed by atoms with van der Waals surface area (Å²) in [6, 6.07) is 6.06. The Morgan fingerprint density at radius 2 is 2.18 bits per heavy atom. The fraction of sp³-hybridized carbons (Fsp3) is 0.286. The molecule has 0 radical (unpaired) electrons. The van der Waals surface area contributed by atoms with Crippen LogP contribution in [0, 0.1) is 6.92 Å². The first kappa shape index (κ1) is 11.6. The van der Waals surface area contributed by atoms with Crippen LogP contribution in [-0.4, -0.2) is 11.4 Å². The van der Waals surface area contributed by atoms with Gasteiger partial charge in [-0.25, -0.2) is 0 Å². The van der Waals surface area contributed by atoms with Gasteiger partial charge in [-0.15, -0.1) is 0 Å². The summed E-state index contributed by atoms with van der Waals surface area (Å²) < 4.78 is 0. The van der Waals surface area contributed by atoms with E-state index in [1.54, 1.807) is 6.20 Å².